The molecule has 1 heterocycles. The molecule has 2 fully saturated rings. The van der Waals surface area contributed by atoms with Gasteiger partial charge >= 0.3 is 0 Å². The van der Waals surface area contributed by atoms with Crippen molar-refractivity contribution < 1.29 is 21.6 Å². The van der Waals surface area contributed by atoms with Crippen molar-refractivity contribution in [3.8, 4) is 0 Å². The molecule has 1 aliphatic carbocycles. The largest absolute Gasteiger partial charge is 0.377 e. The van der Waals surface area contributed by atoms with Gasteiger partial charge in [-0.25, -0.2) is 25.9 Å². The van der Waals surface area contributed by atoms with Gasteiger partial charge in [0.1, 0.15) is 0 Å². The molecular formula is C11H22N2O5S2. The van der Waals surface area contributed by atoms with Gasteiger partial charge in [-0.05, 0) is 25.7 Å². The first kappa shape index (κ1) is 16.2. The summed E-state index contributed by atoms with van der Waals surface area (Å²) in [5.74, 6) is 0. The predicted molar refractivity (Wildman–Crippen MR) is 75.3 cm³/mol. The second kappa shape index (κ2) is 5.53. The number of sulfonamides is 2. The van der Waals surface area contributed by atoms with Crippen LogP contribution in [0.5, 0.6) is 0 Å². The number of piperidine rings is 1. The van der Waals surface area contributed by atoms with E-state index in [1.165, 1.54) is 10.6 Å². The van der Waals surface area contributed by atoms with Gasteiger partial charge in [0, 0.05) is 26.7 Å². The van der Waals surface area contributed by atoms with E-state index in [2.05, 4.69) is 4.72 Å². The van der Waals surface area contributed by atoms with Crippen LogP contribution in [0.15, 0.2) is 0 Å². The van der Waals surface area contributed by atoms with E-state index in [0.717, 1.165) is 12.8 Å². The summed E-state index contributed by atoms with van der Waals surface area (Å²) in [5.41, 5.74) is -0.608. The molecule has 1 aliphatic heterocycles. The number of hydrogen-bond acceptors (Lipinski definition) is 5. The Hall–Kier alpha value is -0.220. The van der Waals surface area contributed by atoms with Gasteiger partial charge in [-0.15, -0.1) is 0 Å². The third-order valence-electron chi connectivity index (χ3n) is 4.09. The summed E-state index contributed by atoms with van der Waals surface area (Å²) in [6, 6.07) is 0. The van der Waals surface area contributed by atoms with E-state index in [-0.39, 0.29) is 11.8 Å². The lowest BCUT2D eigenvalue weighted by atomic mass is 9.92. The molecule has 1 saturated heterocycles. The first-order chi connectivity index (χ1) is 9.19. The Bertz CT molecular complexity index is 545. The Balaban J connectivity index is 1.95. The molecule has 0 aromatic heterocycles. The molecule has 7 nitrogen and oxygen atoms in total. The first-order valence-corrected chi connectivity index (χ1v) is 10.1. The zero-order valence-corrected chi connectivity index (χ0v) is 13.5. The second-order valence-corrected chi connectivity index (χ2v) is 9.64. The van der Waals surface area contributed by atoms with Crippen LogP contribution in [0.2, 0.25) is 0 Å². The van der Waals surface area contributed by atoms with E-state index in [0.29, 0.717) is 25.9 Å². The van der Waals surface area contributed by atoms with Crippen molar-refractivity contribution >= 4 is 20.0 Å². The fourth-order valence-electron chi connectivity index (χ4n) is 2.41. The van der Waals surface area contributed by atoms with Crippen LogP contribution in [0.1, 0.15) is 25.7 Å². The van der Waals surface area contributed by atoms with E-state index >= 15 is 0 Å². The van der Waals surface area contributed by atoms with Gasteiger partial charge in [-0.3, -0.25) is 0 Å². The minimum atomic E-state index is -3.24. The molecule has 0 spiro atoms. The van der Waals surface area contributed by atoms with Gasteiger partial charge in [0.15, 0.2) is 0 Å². The van der Waals surface area contributed by atoms with Crippen molar-refractivity contribution in [2.75, 3.05) is 33.0 Å². The number of nitrogens with one attached hydrogen (secondary N) is 1. The van der Waals surface area contributed by atoms with Crippen LogP contribution in [-0.2, 0) is 24.8 Å². The van der Waals surface area contributed by atoms with Crippen molar-refractivity contribution in [3.05, 3.63) is 0 Å². The standard InChI is InChI=1S/C11H22N2O5S2/c1-18-11(9-12-20(16,17)10-3-4-10)5-7-13(8-6-11)19(2,14)15/h10,12H,3-9H2,1-2H3. The Kier molecular flexibility index (Phi) is 4.46. The van der Waals surface area contributed by atoms with Crippen LogP contribution in [0, 0.1) is 0 Å². The summed E-state index contributed by atoms with van der Waals surface area (Å²) in [6.07, 6.45) is 3.60. The number of methoxy groups -OCH3 is 1. The Labute approximate surface area is 120 Å². The van der Waals surface area contributed by atoms with Gasteiger partial charge in [0.2, 0.25) is 20.0 Å². The molecule has 0 amide bonds. The molecule has 9 heteroatoms. The zero-order valence-electron chi connectivity index (χ0n) is 11.8. The normalized spacial score (nSPS) is 24.7. The first-order valence-electron chi connectivity index (χ1n) is 6.67. The van der Waals surface area contributed by atoms with E-state index in [1.807, 2.05) is 0 Å². The fraction of sp³-hybridized carbons (Fsp3) is 1.00. The Morgan fingerprint density at radius 2 is 1.75 bits per heavy atom. The molecule has 0 bridgehead atoms. The van der Waals surface area contributed by atoms with Crippen LogP contribution in [0.4, 0.5) is 0 Å². The third kappa shape index (κ3) is 3.70. The van der Waals surface area contributed by atoms with E-state index < -0.39 is 25.6 Å². The molecule has 2 rings (SSSR count). The summed E-state index contributed by atoms with van der Waals surface area (Å²) in [6.45, 7) is 0.926. The number of hydrogen-bond donors (Lipinski definition) is 1. The molecule has 1 N–H and O–H groups in total. The lowest BCUT2D eigenvalue weighted by Gasteiger charge is -2.39. The summed E-state index contributed by atoms with van der Waals surface area (Å²) in [7, 11) is -4.89. The van der Waals surface area contributed by atoms with E-state index in [9.17, 15) is 16.8 Å². The van der Waals surface area contributed by atoms with Gasteiger partial charge in [-0.1, -0.05) is 0 Å². The van der Waals surface area contributed by atoms with Crippen molar-refractivity contribution in [2.24, 2.45) is 0 Å². The zero-order chi connectivity index (χ0) is 15.0. The topological polar surface area (TPSA) is 92.8 Å². The SMILES string of the molecule is COC1(CNS(=O)(=O)C2CC2)CCN(S(C)(=O)=O)CC1. The van der Waals surface area contributed by atoms with Crippen molar-refractivity contribution in [1.29, 1.82) is 0 Å². The maximum absolute atomic E-state index is 11.8. The molecule has 0 radical (unpaired) electrons. The molecule has 20 heavy (non-hydrogen) atoms. The molecule has 0 aromatic rings. The van der Waals surface area contributed by atoms with Crippen molar-refractivity contribution in [2.45, 2.75) is 36.5 Å². The molecule has 0 aromatic carbocycles. The van der Waals surface area contributed by atoms with Crippen molar-refractivity contribution in [3.63, 3.8) is 0 Å². The van der Waals surface area contributed by atoms with Crippen molar-refractivity contribution in [1.82, 2.24) is 9.03 Å². The van der Waals surface area contributed by atoms with Gasteiger partial charge in [0.05, 0.1) is 17.1 Å². The number of rotatable bonds is 6. The summed E-state index contributed by atoms with van der Waals surface area (Å²) < 4.78 is 56.1. The van der Waals surface area contributed by atoms with E-state index in [4.69, 9.17) is 4.74 Å². The molecule has 118 valence electrons. The third-order valence-corrected chi connectivity index (χ3v) is 7.29. The monoisotopic (exact) mass is 326 g/mol. The molecule has 1 saturated carbocycles. The predicted octanol–water partition coefficient (Wildman–Crippen LogP) is -0.491. The average molecular weight is 326 g/mol. The molecular weight excluding hydrogens is 304 g/mol. The maximum atomic E-state index is 11.8. The number of nitrogens with zero attached hydrogens (tertiary/aromatic N) is 1. The molecule has 0 unspecified atom stereocenters. The van der Waals surface area contributed by atoms with E-state index in [1.54, 1.807) is 7.11 Å². The minimum absolute atomic E-state index is 0.208. The minimum Gasteiger partial charge on any atom is -0.377 e. The molecule has 0 atom stereocenters. The van der Waals surface area contributed by atoms with Crippen LogP contribution >= 0.6 is 0 Å². The van der Waals surface area contributed by atoms with Gasteiger partial charge < -0.3 is 4.74 Å². The van der Waals surface area contributed by atoms with Gasteiger partial charge in [-0.2, -0.15) is 0 Å². The Morgan fingerprint density at radius 1 is 1.20 bits per heavy atom. The lowest BCUT2D eigenvalue weighted by Crippen LogP contribution is -2.53. The maximum Gasteiger partial charge on any atom is 0.214 e. The highest BCUT2D eigenvalue weighted by atomic mass is 32.2. The van der Waals surface area contributed by atoms with Crippen LogP contribution in [0.25, 0.3) is 0 Å². The Morgan fingerprint density at radius 3 is 2.15 bits per heavy atom. The van der Waals surface area contributed by atoms with Crippen LogP contribution in [-0.4, -0.2) is 65.0 Å². The van der Waals surface area contributed by atoms with Crippen LogP contribution in [0.3, 0.4) is 0 Å². The smallest absolute Gasteiger partial charge is 0.214 e. The summed E-state index contributed by atoms with van der Waals surface area (Å²) in [4.78, 5) is 0. The van der Waals surface area contributed by atoms with Crippen LogP contribution < -0.4 is 4.72 Å². The highest BCUT2D eigenvalue weighted by molar-refractivity contribution is 7.90. The summed E-state index contributed by atoms with van der Waals surface area (Å²) >= 11 is 0. The average Bonchev–Trinajstić information content (AvgIpc) is 3.20. The quantitative estimate of drug-likeness (QED) is 0.711. The fourth-order valence-corrected chi connectivity index (χ4v) is 4.71. The highest BCUT2D eigenvalue weighted by Crippen LogP contribution is 2.30. The lowest BCUT2D eigenvalue weighted by molar-refractivity contribution is -0.0401. The number of ether oxygens (including phenoxy) is 1. The highest BCUT2D eigenvalue weighted by Gasteiger charge is 2.41. The van der Waals surface area contributed by atoms with Gasteiger partial charge in [0.25, 0.3) is 0 Å². The molecule has 2 aliphatic rings. The second-order valence-electron chi connectivity index (χ2n) is 5.61. The summed E-state index contributed by atoms with van der Waals surface area (Å²) in [5, 5.41) is -0.257.